The Morgan fingerprint density at radius 1 is 1.19 bits per heavy atom. The number of nitrogens with zero attached hydrogens (tertiary/aromatic N) is 1. The fraction of sp³-hybridized carbons (Fsp3) is 0.615. The zero-order chi connectivity index (χ0) is 22.3. The van der Waals surface area contributed by atoms with Gasteiger partial charge in [0.05, 0.1) is 18.8 Å². The molecule has 176 valence electrons. The van der Waals surface area contributed by atoms with Crippen LogP contribution < -0.4 is 15.0 Å². The first kappa shape index (κ1) is 23.3. The molecule has 0 amide bonds. The van der Waals surface area contributed by atoms with Crippen LogP contribution in [-0.4, -0.2) is 55.5 Å². The van der Waals surface area contributed by atoms with E-state index < -0.39 is 6.10 Å². The molecule has 1 aromatic rings. The summed E-state index contributed by atoms with van der Waals surface area (Å²) in [6.07, 6.45) is 10.8. The van der Waals surface area contributed by atoms with E-state index in [1.807, 2.05) is 18.2 Å². The number of allylic oxidation sites excluding steroid dienone is 3. The lowest BCUT2D eigenvalue weighted by Gasteiger charge is -2.30. The molecule has 0 saturated carbocycles. The molecule has 1 saturated heterocycles. The van der Waals surface area contributed by atoms with Crippen LogP contribution in [0, 0.1) is 11.8 Å². The lowest BCUT2D eigenvalue weighted by Crippen LogP contribution is -2.44. The lowest BCUT2D eigenvalue weighted by molar-refractivity contribution is -0.0434. The number of hydroxylamine groups is 1. The molecular weight excluding hydrogens is 404 g/mol. The highest BCUT2D eigenvalue weighted by atomic mass is 16.6. The third-order valence-corrected chi connectivity index (χ3v) is 6.76. The molecule has 1 fully saturated rings. The Morgan fingerprint density at radius 2 is 1.97 bits per heavy atom. The van der Waals surface area contributed by atoms with E-state index in [4.69, 9.17) is 14.3 Å². The molecule has 3 aliphatic rings. The minimum atomic E-state index is -0.709. The molecule has 32 heavy (non-hydrogen) atoms. The zero-order valence-corrected chi connectivity index (χ0v) is 19.5. The normalized spacial score (nSPS) is 28.3. The van der Waals surface area contributed by atoms with Crippen LogP contribution in [0.4, 0.5) is 0 Å². The van der Waals surface area contributed by atoms with E-state index in [1.165, 1.54) is 18.4 Å². The molecule has 0 radical (unpaired) electrons. The van der Waals surface area contributed by atoms with Crippen LogP contribution >= 0.6 is 0 Å². The molecular formula is C26H38N2O4. The first-order chi connectivity index (χ1) is 15.6. The Kier molecular flexibility index (Phi) is 8.25. The highest BCUT2D eigenvalue weighted by molar-refractivity contribution is 5.44. The number of benzene rings is 1. The van der Waals surface area contributed by atoms with Crippen molar-refractivity contribution in [2.75, 3.05) is 39.5 Å². The second kappa shape index (κ2) is 11.3. The van der Waals surface area contributed by atoms with Crippen LogP contribution in [0.2, 0.25) is 0 Å². The topological polar surface area (TPSA) is 63.2 Å². The second-order valence-corrected chi connectivity index (χ2v) is 9.39. The summed E-state index contributed by atoms with van der Waals surface area (Å²) in [6.45, 7) is 9.00. The Labute approximate surface area is 192 Å². The molecule has 0 spiro atoms. The predicted octanol–water partition coefficient (Wildman–Crippen LogP) is 4.03. The third-order valence-electron chi connectivity index (χ3n) is 6.76. The largest absolute Gasteiger partial charge is 0.486 e. The van der Waals surface area contributed by atoms with Crippen LogP contribution in [0.1, 0.15) is 51.2 Å². The number of fused-ring (bicyclic) bond motifs is 1. The van der Waals surface area contributed by atoms with E-state index >= 15 is 0 Å². The van der Waals surface area contributed by atoms with Gasteiger partial charge in [0.1, 0.15) is 13.2 Å². The Morgan fingerprint density at radius 3 is 2.78 bits per heavy atom. The molecule has 0 aromatic heterocycles. The summed E-state index contributed by atoms with van der Waals surface area (Å²) in [5, 5.41) is 11.3. The molecule has 1 aromatic carbocycles. The van der Waals surface area contributed by atoms with Crippen LogP contribution in [0.25, 0.3) is 0 Å². The number of nitrogens with one attached hydrogen (secondary N) is 1. The van der Waals surface area contributed by atoms with Gasteiger partial charge in [-0.2, -0.15) is 5.48 Å². The van der Waals surface area contributed by atoms with E-state index in [-0.39, 0.29) is 6.04 Å². The summed E-state index contributed by atoms with van der Waals surface area (Å²) in [4.78, 5) is 8.43. The first-order valence-corrected chi connectivity index (χ1v) is 12.1. The molecule has 4 unspecified atom stereocenters. The zero-order valence-electron chi connectivity index (χ0n) is 19.5. The van der Waals surface area contributed by atoms with Gasteiger partial charge in [-0.3, -0.25) is 0 Å². The van der Waals surface area contributed by atoms with Crippen molar-refractivity contribution in [2.24, 2.45) is 11.8 Å². The van der Waals surface area contributed by atoms with Gasteiger partial charge in [-0.05, 0) is 69.3 Å². The van der Waals surface area contributed by atoms with E-state index in [9.17, 15) is 5.11 Å². The lowest BCUT2D eigenvalue weighted by atomic mass is 9.89. The van der Waals surface area contributed by atoms with Gasteiger partial charge in [-0.25, -0.2) is 0 Å². The van der Waals surface area contributed by atoms with Gasteiger partial charge in [0.25, 0.3) is 0 Å². The number of aliphatic hydroxyl groups is 1. The number of ether oxygens (including phenoxy) is 2. The summed E-state index contributed by atoms with van der Waals surface area (Å²) >= 11 is 0. The predicted molar refractivity (Wildman–Crippen MR) is 126 cm³/mol. The smallest absolute Gasteiger partial charge is 0.161 e. The number of hydrogen-bond donors (Lipinski definition) is 2. The number of rotatable bonds is 8. The summed E-state index contributed by atoms with van der Waals surface area (Å²) in [5.41, 5.74) is 5.48. The Hall–Kier alpha value is -1.86. The highest BCUT2D eigenvalue weighted by Crippen LogP contribution is 2.33. The molecule has 6 heteroatoms. The molecule has 4 atom stereocenters. The van der Waals surface area contributed by atoms with Gasteiger partial charge in [0.2, 0.25) is 0 Å². The summed E-state index contributed by atoms with van der Waals surface area (Å²) in [5.74, 6) is 2.18. The van der Waals surface area contributed by atoms with Crippen LogP contribution in [0.3, 0.4) is 0 Å². The van der Waals surface area contributed by atoms with E-state index in [0.29, 0.717) is 37.4 Å². The van der Waals surface area contributed by atoms with Crippen molar-refractivity contribution in [3.05, 3.63) is 47.6 Å². The molecule has 0 bridgehead atoms. The van der Waals surface area contributed by atoms with Crippen molar-refractivity contribution in [1.29, 1.82) is 0 Å². The molecule has 2 N–H and O–H groups in total. The molecule has 2 aliphatic heterocycles. The van der Waals surface area contributed by atoms with Crippen molar-refractivity contribution >= 4 is 0 Å². The van der Waals surface area contributed by atoms with Crippen LogP contribution in [-0.2, 0) is 4.84 Å². The van der Waals surface area contributed by atoms with E-state index in [1.54, 1.807) is 0 Å². The van der Waals surface area contributed by atoms with Gasteiger partial charge in [-0.1, -0.05) is 36.8 Å². The summed E-state index contributed by atoms with van der Waals surface area (Å²) in [6, 6.07) is 5.46. The standard InChI is InChI=1S/C26H38N2O4/c1-19-7-3-4-8-22(20(2)15-19)18-32-27-23(17-28-11-5-6-12-28)26(29)21-9-10-24-25(16-21)31-14-13-30-24/h4,8-10,15-16,20,22-23,26-27,29H,3,5-7,11-14,17-18H2,1-2H3/b8-4-,19-15+. The van der Waals surface area contributed by atoms with Gasteiger partial charge >= 0.3 is 0 Å². The fourth-order valence-corrected chi connectivity index (χ4v) is 4.79. The van der Waals surface area contributed by atoms with Crippen LogP contribution in [0.15, 0.2) is 42.0 Å². The van der Waals surface area contributed by atoms with Gasteiger partial charge in [-0.15, -0.1) is 0 Å². The average molecular weight is 443 g/mol. The molecule has 1 aliphatic carbocycles. The van der Waals surface area contributed by atoms with Crippen LogP contribution in [0.5, 0.6) is 11.5 Å². The Bertz CT molecular complexity index is 803. The number of aliphatic hydroxyl groups excluding tert-OH is 1. The molecule has 4 rings (SSSR count). The third kappa shape index (κ3) is 6.13. The van der Waals surface area contributed by atoms with Crippen molar-refractivity contribution in [1.82, 2.24) is 10.4 Å². The van der Waals surface area contributed by atoms with E-state index in [0.717, 1.165) is 43.8 Å². The van der Waals surface area contributed by atoms with Gasteiger partial charge in [0.15, 0.2) is 11.5 Å². The maximum Gasteiger partial charge on any atom is 0.161 e. The molecule has 6 nitrogen and oxygen atoms in total. The van der Waals surface area contributed by atoms with Crippen molar-refractivity contribution in [3.8, 4) is 11.5 Å². The van der Waals surface area contributed by atoms with Crippen molar-refractivity contribution in [2.45, 2.75) is 51.7 Å². The van der Waals surface area contributed by atoms with Gasteiger partial charge < -0.3 is 24.3 Å². The van der Waals surface area contributed by atoms with E-state index in [2.05, 4.69) is 42.5 Å². The average Bonchev–Trinajstić information content (AvgIpc) is 3.31. The second-order valence-electron chi connectivity index (χ2n) is 9.39. The highest BCUT2D eigenvalue weighted by Gasteiger charge is 2.27. The summed E-state index contributed by atoms with van der Waals surface area (Å²) in [7, 11) is 0. The monoisotopic (exact) mass is 442 g/mol. The minimum Gasteiger partial charge on any atom is -0.486 e. The SMILES string of the molecule is C/C1=C\C(C)C(CONC(CN2CCCC2)C(O)c2ccc3c(c2)OCCO3)/C=C\CC1. The number of hydrogen-bond acceptors (Lipinski definition) is 6. The van der Waals surface area contributed by atoms with Gasteiger partial charge in [0, 0.05) is 12.5 Å². The minimum absolute atomic E-state index is 0.235. The number of likely N-dealkylation sites (tertiary alicyclic amines) is 1. The molecule has 2 heterocycles. The fourth-order valence-electron chi connectivity index (χ4n) is 4.79. The maximum absolute atomic E-state index is 11.3. The van der Waals surface area contributed by atoms with Crippen molar-refractivity contribution in [3.63, 3.8) is 0 Å². The Balaban J connectivity index is 1.41. The maximum atomic E-state index is 11.3. The quantitative estimate of drug-likeness (QED) is 0.468. The summed E-state index contributed by atoms with van der Waals surface area (Å²) < 4.78 is 11.3. The van der Waals surface area contributed by atoms with Crippen molar-refractivity contribution < 1.29 is 19.4 Å². The first-order valence-electron chi connectivity index (χ1n) is 12.1.